The summed E-state index contributed by atoms with van der Waals surface area (Å²) < 4.78 is 0. The van der Waals surface area contributed by atoms with Gasteiger partial charge in [0, 0.05) is 63.9 Å². The van der Waals surface area contributed by atoms with Crippen LogP contribution < -0.4 is 14.7 Å². The first kappa shape index (κ1) is 17.4. The van der Waals surface area contributed by atoms with Gasteiger partial charge in [-0.1, -0.05) is 13.3 Å². The Morgan fingerprint density at radius 3 is 2.40 bits per heavy atom. The molecule has 0 spiro atoms. The summed E-state index contributed by atoms with van der Waals surface area (Å²) in [6.45, 7) is 8.84. The Kier molecular flexibility index (Phi) is 5.63. The van der Waals surface area contributed by atoms with Gasteiger partial charge in [0.2, 0.25) is 11.9 Å². The van der Waals surface area contributed by atoms with Crippen LogP contribution in [0.1, 0.15) is 25.5 Å². The highest BCUT2D eigenvalue weighted by Crippen LogP contribution is 2.20. The highest BCUT2D eigenvalue weighted by molar-refractivity contribution is 5.47. The minimum absolute atomic E-state index is 0.806. The maximum Gasteiger partial charge on any atom is 0.227 e. The molecule has 0 aromatic carbocycles. The molecule has 7 heteroatoms. The molecule has 1 fully saturated rings. The summed E-state index contributed by atoms with van der Waals surface area (Å²) in [6.07, 6.45) is 5.91. The van der Waals surface area contributed by atoms with E-state index in [2.05, 4.69) is 49.7 Å². The van der Waals surface area contributed by atoms with Crippen molar-refractivity contribution in [2.24, 2.45) is 0 Å². The third-order valence-electron chi connectivity index (χ3n) is 4.46. The van der Waals surface area contributed by atoms with Gasteiger partial charge >= 0.3 is 0 Å². The quantitative estimate of drug-likeness (QED) is 0.797. The molecule has 1 aliphatic heterocycles. The van der Waals surface area contributed by atoms with E-state index in [1.54, 1.807) is 12.4 Å². The Balaban J connectivity index is 1.67. The Labute approximate surface area is 149 Å². The second-order valence-corrected chi connectivity index (χ2v) is 6.47. The van der Waals surface area contributed by atoms with Crippen LogP contribution in [0.2, 0.25) is 0 Å². The lowest BCUT2D eigenvalue weighted by molar-refractivity contribution is 0.632. The predicted octanol–water partition coefficient (Wildman–Crippen LogP) is 2.14. The van der Waals surface area contributed by atoms with Gasteiger partial charge in [0.25, 0.3) is 0 Å². The molecule has 1 aliphatic rings. The summed E-state index contributed by atoms with van der Waals surface area (Å²) in [5.74, 6) is 2.64. The standard InChI is InChI=1S/C18H27N7/c1-4-5-9-23(3)18-21-15(2)14-16(22-18)24-10-12-25(13-11-24)17-19-7-6-8-20-17/h6-8,14H,4-5,9-13H2,1-3H3. The minimum atomic E-state index is 0.806. The molecule has 2 aromatic rings. The number of aryl methyl sites for hydroxylation is 1. The van der Waals surface area contributed by atoms with Crippen molar-refractivity contribution in [3.8, 4) is 0 Å². The van der Waals surface area contributed by atoms with Crippen molar-refractivity contribution in [3.05, 3.63) is 30.2 Å². The maximum atomic E-state index is 4.80. The lowest BCUT2D eigenvalue weighted by atomic mass is 10.3. The number of hydrogen-bond donors (Lipinski definition) is 0. The van der Waals surface area contributed by atoms with Crippen molar-refractivity contribution in [2.45, 2.75) is 26.7 Å². The Bertz CT molecular complexity index is 668. The highest BCUT2D eigenvalue weighted by atomic mass is 15.3. The molecule has 0 atom stereocenters. The summed E-state index contributed by atoms with van der Waals surface area (Å²) >= 11 is 0. The van der Waals surface area contributed by atoms with Gasteiger partial charge in [-0.25, -0.2) is 15.0 Å². The molecule has 1 saturated heterocycles. The van der Waals surface area contributed by atoms with Crippen LogP contribution in [0.3, 0.4) is 0 Å². The number of nitrogens with zero attached hydrogens (tertiary/aromatic N) is 7. The number of unbranched alkanes of at least 4 members (excludes halogenated alkanes) is 1. The Morgan fingerprint density at radius 2 is 1.72 bits per heavy atom. The second kappa shape index (κ2) is 8.09. The van der Waals surface area contributed by atoms with E-state index >= 15 is 0 Å². The van der Waals surface area contributed by atoms with Crippen molar-refractivity contribution in [2.75, 3.05) is 54.5 Å². The zero-order valence-electron chi connectivity index (χ0n) is 15.4. The van der Waals surface area contributed by atoms with Gasteiger partial charge in [0.1, 0.15) is 5.82 Å². The van der Waals surface area contributed by atoms with Crippen molar-refractivity contribution in [1.82, 2.24) is 19.9 Å². The van der Waals surface area contributed by atoms with Crippen molar-refractivity contribution >= 4 is 17.7 Å². The van der Waals surface area contributed by atoms with Crippen molar-refractivity contribution in [1.29, 1.82) is 0 Å². The molecule has 0 amide bonds. The van der Waals surface area contributed by atoms with E-state index in [0.29, 0.717) is 0 Å². The number of anilines is 3. The van der Waals surface area contributed by atoms with Crippen LogP contribution in [0.25, 0.3) is 0 Å². The SMILES string of the molecule is CCCCN(C)c1nc(C)cc(N2CCN(c3ncccn3)CC2)n1. The largest absolute Gasteiger partial charge is 0.353 e. The van der Waals surface area contributed by atoms with Crippen LogP contribution in [0, 0.1) is 6.92 Å². The van der Waals surface area contributed by atoms with E-state index in [4.69, 9.17) is 4.98 Å². The Morgan fingerprint density at radius 1 is 1.04 bits per heavy atom. The molecule has 0 unspecified atom stereocenters. The summed E-state index contributed by atoms with van der Waals surface area (Å²) in [7, 11) is 2.07. The predicted molar refractivity (Wildman–Crippen MR) is 101 cm³/mol. The zero-order valence-corrected chi connectivity index (χ0v) is 15.4. The monoisotopic (exact) mass is 341 g/mol. The third-order valence-corrected chi connectivity index (χ3v) is 4.46. The number of piperazine rings is 1. The molecule has 0 radical (unpaired) electrons. The lowest BCUT2D eigenvalue weighted by Gasteiger charge is -2.35. The zero-order chi connectivity index (χ0) is 17.6. The number of hydrogen-bond acceptors (Lipinski definition) is 7. The fraction of sp³-hybridized carbons (Fsp3) is 0.556. The first-order chi connectivity index (χ1) is 12.2. The summed E-state index contributed by atoms with van der Waals surface area (Å²) in [5.41, 5.74) is 1.01. The maximum absolute atomic E-state index is 4.80. The normalized spacial score (nSPS) is 14.7. The highest BCUT2D eigenvalue weighted by Gasteiger charge is 2.21. The van der Waals surface area contributed by atoms with Crippen LogP contribution in [-0.2, 0) is 0 Å². The second-order valence-electron chi connectivity index (χ2n) is 6.47. The van der Waals surface area contributed by atoms with Gasteiger partial charge in [-0.2, -0.15) is 4.98 Å². The minimum Gasteiger partial charge on any atom is -0.353 e. The van der Waals surface area contributed by atoms with Crippen LogP contribution in [-0.4, -0.2) is 59.7 Å². The number of aromatic nitrogens is 4. The fourth-order valence-electron chi connectivity index (χ4n) is 2.95. The molecule has 7 nitrogen and oxygen atoms in total. The van der Waals surface area contributed by atoms with Gasteiger partial charge in [-0.15, -0.1) is 0 Å². The summed E-state index contributed by atoms with van der Waals surface area (Å²) in [4.78, 5) is 24.8. The van der Waals surface area contributed by atoms with E-state index in [1.165, 1.54) is 6.42 Å². The molecule has 2 aromatic heterocycles. The molecule has 0 saturated carbocycles. The van der Waals surface area contributed by atoms with Gasteiger partial charge in [-0.05, 0) is 19.4 Å². The summed E-state index contributed by atoms with van der Waals surface area (Å²) in [5, 5.41) is 0. The van der Waals surface area contributed by atoms with Gasteiger partial charge in [0.05, 0.1) is 0 Å². The molecular formula is C18H27N7. The van der Waals surface area contributed by atoms with Crippen LogP contribution in [0.4, 0.5) is 17.7 Å². The molecule has 0 aliphatic carbocycles. The van der Waals surface area contributed by atoms with Crippen molar-refractivity contribution < 1.29 is 0 Å². The molecular weight excluding hydrogens is 314 g/mol. The first-order valence-corrected chi connectivity index (χ1v) is 9.01. The lowest BCUT2D eigenvalue weighted by Crippen LogP contribution is -2.47. The van der Waals surface area contributed by atoms with Gasteiger partial charge in [-0.3, -0.25) is 0 Å². The third kappa shape index (κ3) is 4.35. The van der Waals surface area contributed by atoms with Gasteiger partial charge < -0.3 is 14.7 Å². The van der Waals surface area contributed by atoms with E-state index < -0.39 is 0 Å². The van der Waals surface area contributed by atoms with E-state index in [0.717, 1.165) is 62.6 Å². The molecule has 25 heavy (non-hydrogen) atoms. The number of rotatable bonds is 6. The van der Waals surface area contributed by atoms with E-state index in [9.17, 15) is 0 Å². The van der Waals surface area contributed by atoms with Crippen LogP contribution in [0.15, 0.2) is 24.5 Å². The average Bonchev–Trinajstić information content (AvgIpc) is 2.66. The fourth-order valence-corrected chi connectivity index (χ4v) is 2.95. The van der Waals surface area contributed by atoms with Gasteiger partial charge in [0.15, 0.2) is 0 Å². The van der Waals surface area contributed by atoms with Crippen molar-refractivity contribution in [3.63, 3.8) is 0 Å². The summed E-state index contributed by atoms with van der Waals surface area (Å²) in [6, 6.07) is 3.92. The smallest absolute Gasteiger partial charge is 0.227 e. The van der Waals surface area contributed by atoms with E-state index in [1.807, 2.05) is 13.0 Å². The first-order valence-electron chi connectivity index (χ1n) is 9.01. The molecule has 3 heterocycles. The topological polar surface area (TPSA) is 61.3 Å². The van der Waals surface area contributed by atoms with E-state index in [-0.39, 0.29) is 0 Å². The Hall–Kier alpha value is -2.44. The molecule has 3 rings (SSSR count). The molecule has 134 valence electrons. The molecule has 0 N–H and O–H groups in total. The van der Waals surface area contributed by atoms with Crippen LogP contribution in [0.5, 0.6) is 0 Å². The average molecular weight is 341 g/mol. The molecule has 0 bridgehead atoms. The van der Waals surface area contributed by atoms with Crippen LogP contribution >= 0.6 is 0 Å².